The van der Waals surface area contributed by atoms with Crippen molar-refractivity contribution in [3.63, 3.8) is 0 Å². The first-order valence-electron chi connectivity index (χ1n) is 16.3. The topological polar surface area (TPSA) is 137 Å². The first-order chi connectivity index (χ1) is 22.9. The summed E-state index contributed by atoms with van der Waals surface area (Å²) in [5.74, 6) is 2.03. The van der Waals surface area contributed by atoms with E-state index in [4.69, 9.17) is 0 Å². The molecule has 1 aliphatic carbocycles. The molecule has 0 spiro atoms. The highest BCUT2D eigenvalue weighted by molar-refractivity contribution is 5.92. The SMILES string of the molecule is CCc1ncc(-c2cnc(N(C(=O)CCc3ccccc3)C3CCC(Nc4ncc(C#N)c(N5CC(F)(CC)C5)n4)CC3)nc2)cn1. The Kier molecular flexibility index (Phi) is 9.61. The fourth-order valence-corrected chi connectivity index (χ4v) is 6.21. The second-order valence-corrected chi connectivity index (χ2v) is 12.3. The van der Waals surface area contributed by atoms with Crippen molar-refractivity contribution < 1.29 is 9.18 Å². The molecule has 1 N–H and O–H groups in total. The highest BCUT2D eigenvalue weighted by Gasteiger charge is 2.43. The number of amides is 1. The second kappa shape index (κ2) is 14.2. The molecule has 1 amide bonds. The molecule has 4 aromatic rings. The number of benzene rings is 1. The van der Waals surface area contributed by atoms with Crippen LogP contribution in [-0.2, 0) is 17.6 Å². The molecule has 1 aliphatic heterocycles. The van der Waals surface area contributed by atoms with Crippen molar-refractivity contribution in [3.8, 4) is 17.2 Å². The minimum atomic E-state index is -1.24. The first kappa shape index (κ1) is 31.9. The molecular formula is C35H39FN10O. The molecule has 1 saturated heterocycles. The van der Waals surface area contributed by atoms with Gasteiger partial charge in [0.25, 0.3) is 0 Å². The largest absolute Gasteiger partial charge is 0.351 e. The number of rotatable bonds is 11. The number of nitriles is 1. The Morgan fingerprint density at radius 3 is 2.26 bits per heavy atom. The van der Waals surface area contributed by atoms with Gasteiger partial charge in [0.05, 0.1) is 19.3 Å². The lowest BCUT2D eigenvalue weighted by Crippen LogP contribution is -2.59. The van der Waals surface area contributed by atoms with Crippen molar-refractivity contribution in [1.29, 1.82) is 5.26 Å². The predicted molar refractivity (Wildman–Crippen MR) is 177 cm³/mol. The molecule has 6 rings (SSSR count). The highest BCUT2D eigenvalue weighted by atomic mass is 19.1. The number of hydrogen-bond donors (Lipinski definition) is 1. The summed E-state index contributed by atoms with van der Waals surface area (Å²) in [5, 5.41) is 13.0. The summed E-state index contributed by atoms with van der Waals surface area (Å²) in [5.41, 5.74) is 1.80. The Labute approximate surface area is 274 Å². The third-order valence-electron chi connectivity index (χ3n) is 9.11. The Hall–Kier alpha value is -5.05. The van der Waals surface area contributed by atoms with Crippen LogP contribution in [0.15, 0.2) is 61.3 Å². The van der Waals surface area contributed by atoms with Crippen molar-refractivity contribution >= 4 is 23.6 Å². The number of halogens is 1. The van der Waals surface area contributed by atoms with Crippen LogP contribution in [0.5, 0.6) is 0 Å². The molecule has 0 atom stereocenters. The molecule has 47 heavy (non-hydrogen) atoms. The lowest BCUT2D eigenvalue weighted by molar-refractivity contribution is -0.119. The smallest absolute Gasteiger partial charge is 0.232 e. The number of anilines is 3. The Morgan fingerprint density at radius 2 is 1.64 bits per heavy atom. The van der Waals surface area contributed by atoms with E-state index in [0.29, 0.717) is 42.5 Å². The van der Waals surface area contributed by atoms with E-state index >= 15 is 0 Å². The standard InChI is InChI=1S/C35H39FN10O/c1-3-30-38-18-26(19-39-30)27-20-41-34(42-21-27)46(31(47)15-10-24-8-6-5-7-9-24)29-13-11-28(12-14-29)43-33-40-17-25(16-37)32(44-33)45-22-35(36,4-2)23-45/h5-9,17-21,28-29H,3-4,10-15,22-23H2,1-2H3,(H,40,43,44). The fourth-order valence-electron chi connectivity index (χ4n) is 6.21. The normalized spacial score (nSPS) is 18.6. The third-order valence-corrected chi connectivity index (χ3v) is 9.11. The van der Waals surface area contributed by atoms with E-state index < -0.39 is 5.67 Å². The van der Waals surface area contributed by atoms with Gasteiger partial charge in [0.2, 0.25) is 17.8 Å². The molecule has 242 valence electrons. The zero-order chi connectivity index (χ0) is 32.8. The highest BCUT2D eigenvalue weighted by Crippen LogP contribution is 2.34. The van der Waals surface area contributed by atoms with Gasteiger partial charge < -0.3 is 10.2 Å². The van der Waals surface area contributed by atoms with Gasteiger partial charge in [0.1, 0.15) is 23.1 Å². The third kappa shape index (κ3) is 7.35. The van der Waals surface area contributed by atoms with E-state index in [-0.39, 0.29) is 31.1 Å². The molecule has 1 saturated carbocycles. The zero-order valence-electron chi connectivity index (χ0n) is 26.8. The molecule has 2 fully saturated rings. The van der Waals surface area contributed by atoms with Gasteiger partial charge in [0, 0.05) is 60.8 Å². The Balaban J connectivity index is 1.15. The molecule has 0 unspecified atom stereocenters. The van der Waals surface area contributed by atoms with Crippen LogP contribution in [0.3, 0.4) is 0 Å². The summed E-state index contributed by atoms with van der Waals surface area (Å²) in [4.78, 5) is 44.4. The van der Waals surface area contributed by atoms with E-state index in [9.17, 15) is 14.4 Å². The van der Waals surface area contributed by atoms with E-state index in [1.165, 1.54) is 6.20 Å². The van der Waals surface area contributed by atoms with Gasteiger partial charge in [-0.3, -0.25) is 9.69 Å². The van der Waals surface area contributed by atoms with Crippen molar-refractivity contribution in [2.45, 2.75) is 83.0 Å². The maximum Gasteiger partial charge on any atom is 0.232 e. The van der Waals surface area contributed by atoms with Crippen LogP contribution in [0.25, 0.3) is 11.1 Å². The van der Waals surface area contributed by atoms with Gasteiger partial charge in [0.15, 0.2) is 5.82 Å². The molecule has 0 bridgehead atoms. The molecular weight excluding hydrogens is 595 g/mol. The second-order valence-electron chi connectivity index (χ2n) is 12.3. The number of hydrogen-bond acceptors (Lipinski definition) is 10. The summed E-state index contributed by atoms with van der Waals surface area (Å²) in [6, 6.07) is 12.1. The van der Waals surface area contributed by atoms with Crippen molar-refractivity contribution in [2.24, 2.45) is 0 Å². The average Bonchev–Trinajstić information content (AvgIpc) is 3.11. The van der Waals surface area contributed by atoms with E-state index in [0.717, 1.165) is 54.6 Å². The van der Waals surface area contributed by atoms with Crippen LogP contribution in [-0.4, -0.2) is 66.7 Å². The maximum absolute atomic E-state index is 14.6. The van der Waals surface area contributed by atoms with Crippen LogP contribution in [0, 0.1) is 11.3 Å². The number of aromatic nitrogens is 6. The molecule has 12 heteroatoms. The summed E-state index contributed by atoms with van der Waals surface area (Å²) in [7, 11) is 0. The number of nitrogens with zero attached hydrogens (tertiary/aromatic N) is 9. The number of alkyl halides is 1. The van der Waals surface area contributed by atoms with Crippen LogP contribution in [0.4, 0.5) is 22.1 Å². The van der Waals surface area contributed by atoms with Crippen molar-refractivity contribution in [3.05, 3.63) is 78.3 Å². The maximum atomic E-state index is 14.6. The minimum absolute atomic E-state index is 0.0146. The van der Waals surface area contributed by atoms with E-state index in [1.54, 1.807) is 34.6 Å². The van der Waals surface area contributed by atoms with Crippen molar-refractivity contribution in [2.75, 3.05) is 28.2 Å². The lowest BCUT2D eigenvalue weighted by atomic mass is 9.90. The number of carbonyl (C=O) groups is 1. The number of nitrogens with one attached hydrogen (secondary N) is 1. The van der Waals surface area contributed by atoms with Crippen LogP contribution < -0.4 is 15.1 Å². The van der Waals surface area contributed by atoms with Gasteiger partial charge in [-0.25, -0.2) is 29.3 Å². The van der Waals surface area contributed by atoms with Gasteiger partial charge >= 0.3 is 0 Å². The molecule has 1 aromatic carbocycles. The molecule has 3 aromatic heterocycles. The Morgan fingerprint density at radius 1 is 0.979 bits per heavy atom. The monoisotopic (exact) mass is 634 g/mol. The van der Waals surface area contributed by atoms with E-state index in [2.05, 4.69) is 41.3 Å². The predicted octanol–water partition coefficient (Wildman–Crippen LogP) is 5.49. The number of aryl methyl sites for hydroxylation is 2. The minimum Gasteiger partial charge on any atom is -0.351 e. The summed E-state index contributed by atoms with van der Waals surface area (Å²) < 4.78 is 14.6. The van der Waals surface area contributed by atoms with Crippen LogP contribution >= 0.6 is 0 Å². The molecule has 11 nitrogen and oxygen atoms in total. The summed E-state index contributed by atoms with van der Waals surface area (Å²) in [6.07, 6.45) is 13.7. The van der Waals surface area contributed by atoms with Gasteiger partial charge in [-0.1, -0.05) is 44.2 Å². The number of carbonyl (C=O) groups excluding carboxylic acids is 1. The van der Waals surface area contributed by atoms with Crippen LogP contribution in [0.2, 0.25) is 0 Å². The first-order valence-corrected chi connectivity index (χ1v) is 16.3. The fraction of sp³-hybridized carbons (Fsp3) is 0.429. The summed E-state index contributed by atoms with van der Waals surface area (Å²) in [6.45, 7) is 4.27. The summed E-state index contributed by atoms with van der Waals surface area (Å²) >= 11 is 0. The quantitative estimate of drug-likeness (QED) is 0.226. The lowest BCUT2D eigenvalue weighted by Gasteiger charge is -2.45. The van der Waals surface area contributed by atoms with E-state index in [1.807, 2.05) is 44.2 Å². The van der Waals surface area contributed by atoms with Gasteiger partial charge in [-0.2, -0.15) is 10.2 Å². The molecule has 2 aliphatic rings. The zero-order valence-corrected chi connectivity index (χ0v) is 26.8. The van der Waals surface area contributed by atoms with Crippen LogP contribution in [0.1, 0.15) is 69.3 Å². The van der Waals surface area contributed by atoms with Gasteiger partial charge in [-0.15, -0.1) is 0 Å². The van der Waals surface area contributed by atoms with Gasteiger partial charge in [-0.05, 0) is 44.1 Å². The molecule has 4 heterocycles. The Bertz CT molecular complexity index is 1700. The molecule has 0 radical (unpaired) electrons. The average molecular weight is 635 g/mol. The van der Waals surface area contributed by atoms with Crippen molar-refractivity contribution in [1.82, 2.24) is 29.9 Å².